The van der Waals surface area contributed by atoms with E-state index >= 15 is 0 Å². The zero-order chi connectivity index (χ0) is 30.5. The number of nitriles is 1. The number of allylic oxidation sites excluding steroid dienone is 1. The topological polar surface area (TPSA) is 122 Å². The molecule has 1 heterocycles. The molecule has 0 aromatic heterocycles. The van der Waals surface area contributed by atoms with Crippen LogP contribution in [0.25, 0.3) is 0 Å². The Labute approximate surface area is 253 Å². The molecule has 0 fully saturated rings. The lowest BCUT2D eigenvalue weighted by Crippen LogP contribution is -2.21. The van der Waals surface area contributed by atoms with Crippen molar-refractivity contribution in [2.24, 2.45) is 5.73 Å². The van der Waals surface area contributed by atoms with Gasteiger partial charge in [0.25, 0.3) is 0 Å². The van der Waals surface area contributed by atoms with Crippen LogP contribution in [-0.2, 0) is 6.61 Å². The maximum atomic E-state index is 13.1. The van der Waals surface area contributed by atoms with E-state index < -0.39 is 11.9 Å². The summed E-state index contributed by atoms with van der Waals surface area (Å²) < 4.78 is 33.5. The van der Waals surface area contributed by atoms with E-state index in [1.807, 2.05) is 42.5 Å². The summed E-state index contributed by atoms with van der Waals surface area (Å²) in [5.41, 5.74) is 8.91. The van der Waals surface area contributed by atoms with Crippen LogP contribution in [0.5, 0.6) is 34.5 Å². The van der Waals surface area contributed by atoms with Gasteiger partial charge in [-0.3, -0.25) is 0 Å². The van der Waals surface area contributed by atoms with Crippen LogP contribution in [0.15, 0.2) is 90.3 Å². The van der Waals surface area contributed by atoms with Gasteiger partial charge in [-0.15, -0.1) is 0 Å². The summed E-state index contributed by atoms with van der Waals surface area (Å²) in [5.74, 6) is 0.876. The number of carbonyl (C=O) groups is 1. The van der Waals surface area contributed by atoms with E-state index in [2.05, 4.69) is 6.07 Å². The van der Waals surface area contributed by atoms with E-state index in [9.17, 15) is 10.1 Å². The normalized spacial score (nSPS) is 13.7. The van der Waals surface area contributed by atoms with Gasteiger partial charge in [0.2, 0.25) is 11.6 Å². The number of benzene rings is 4. The van der Waals surface area contributed by atoms with Crippen LogP contribution in [-0.4, -0.2) is 27.3 Å². The Hall–Kier alpha value is -5.33. The average molecular weight is 599 g/mol. The first-order valence-electron chi connectivity index (χ1n) is 13.1. The molecule has 0 bridgehead atoms. The van der Waals surface area contributed by atoms with Crippen molar-refractivity contribution in [1.29, 1.82) is 5.26 Å². The van der Waals surface area contributed by atoms with Crippen LogP contribution in [0.3, 0.4) is 0 Å². The first kappa shape index (κ1) is 29.2. The summed E-state index contributed by atoms with van der Waals surface area (Å²) in [6.45, 7) is 0.275. The smallest absolute Gasteiger partial charge is 0.343 e. The largest absolute Gasteiger partial charge is 0.493 e. The molecule has 2 N–H and O–H groups in total. The number of nitrogens with zero attached hydrogens (tertiary/aromatic N) is 1. The molecule has 1 aliphatic heterocycles. The highest BCUT2D eigenvalue weighted by Crippen LogP contribution is 2.44. The maximum Gasteiger partial charge on any atom is 0.343 e. The van der Waals surface area contributed by atoms with Gasteiger partial charge >= 0.3 is 5.97 Å². The lowest BCUT2D eigenvalue weighted by atomic mass is 9.83. The summed E-state index contributed by atoms with van der Waals surface area (Å²) >= 11 is 6.27. The SMILES string of the molecule is COc1cc(C(=O)Oc2ccc3c(c2)OC(N)=C(C#N)C3c2cccc(OCc3ccccc3Cl)c2)cc(OC)c1OC. The minimum absolute atomic E-state index is 0.0458. The molecule has 10 heteroatoms. The summed E-state index contributed by atoms with van der Waals surface area (Å²) in [6.07, 6.45) is 0. The number of hydrogen-bond donors (Lipinski definition) is 1. The number of methoxy groups -OCH3 is 3. The van der Waals surface area contributed by atoms with Crippen molar-refractivity contribution < 1.29 is 33.2 Å². The highest BCUT2D eigenvalue weighted by Gasteiger charge is 2.31. The minimum atomic E-state index is -0.656. The first-order chi connectivity index (χ1) is 20.9. The molecule has 0 amide bonds. The fraction of sp³-hybridized carbons (Fsp3) is 0.152. The van der Waals surface area contributed by atoms with Gasteiger partial charge in [0, 0.05) is 22.2 Å². The quantitative estimate of drug-likeness (QED) is 0.173. The Morgan fingerprint density at radius 1 is 0.930 bits per heavy atom. The van der Waals surface area contributed by atoms with Gasteiger partial charge in [-0.1, -0.05) is 48.0 Å². The second-order valence-corrected chi connectivity index (χ2v) is 9.79. The molecule has 1 unspecified atom stereocenters. The summed E-state index contributed by atoms with van der Waals surface area (Å²) in [4.78, 5) is 13.1. The molecular formula is C33H27ClN2O7. The molecule has 1 atom stereocenters. The Bertz CT molecular complexity index is 1740. The monoisotopic (exact) mass is 598 g/mol. The standard InChI is InChI=1S/C33H27ClN2O7/c1-38-28-14-21(15-29(39-2)31(28)40-3)33(37)42-23-11-12-24-27(16-23)43-32(36)25(17-35)30(24)19-8-6-9-22(13-19)41-18-20-7-4-5-10-26(20)34/h4-16,30H,18,36H2,1-3H3. The lowest BCUT2D eigenvalue weighted by molar-refractivity contribution is 0.0733. The van der Waals surface area contributed by atoms with Crippen LogP contribution in [0, 0.1) is 11.3 Å². The van der Waals surface area contributed by atoms with Gasteiger partial charge in [-0.05, 0) is 42.0 Å². The molecular weight excluding hydrogens is 572 g/mol. The second-order valence-electron chi connectivity index (χ2n) is 9.38. The van der Waals surface area contributed by atoms with Gasteiger partial charge in [-0.25, -0.2) is 4.79 Å². The van der Waals surface area contributed by atoms with Crippen molar-refractivity contribution in [3.63, 3.8) is 0 Å². The van der Waals surface area contributed by atoms with Crippen molar-refractivity contribution in [1.82, 2.24) is 0 Å². The van der Waals surface area contributed by atoms with E-state index in [0.29, 0.717) is 39.3 Å². The highest BCUT2D eigenvalue weighted by molar-refractivity contribution is 6.31. The second kappa shape index (κ2) is 12.7. The Morgan fingerprint density at radius 3 is 2.35 bits per heavy atom. The molecule has 218 valence electrons. The van der Waals surface area contributed by atoms with Crippen molar-refractivity contribution in [3.05, 3.63) is 118 Å². The predicted molar refractivity (Wildman–Crippen MR) is 159 cm³/mol. The maximum absolute atomic E-state index is 13.1. The zero-order valence-corrected chi connectivity index (χ0v) is 24.3. The summed E-state index contributed by atoms with van der Waals surface area (Å²) in [5, 5.41) is 10.6. The molecule has 0 aliphatic carbocycles. The van der Waals surface area contributed by atoms with Crippen LogP contribution < -0.4 is 34.2 Å². The van der Waals surface area contributed by atoms with Crippen LogP contribution in [0.2, 0.25) is 5.02 Å². The van der Waals surface area contributed by atoms with E-state index in [-0.39, 0.29) is 29.4 Å². The van der Waals surface area contributed by atoms with Gasteiger partial charge in [0.05, 0.1) is 32.8 Å². The number of rotatable bonds is 9. The summed E-state index contributed by atoms with van der Waals surface area (Å²) in [6, 6.07) is 24.9. The minimum Gasteiger partial charge on any atom is -0.493 e. The molecule has 0 saturated carbocycles. The molecule has 0 saturated heterocycles. The molecule has 4 aromatic carbocycles. The zero-order valence-electron chi connectivity index (χ0n) is 23.6. The van der Waals surface area contributed by atoms with E-state index in [1.54, 1.807) is 24.3 Å². The molecule has 0 radical (unpaired) electrons. The van der Waals surface area contributed by atoms with Crippen molar-refractivity contribution in [2.45, 2.75) is 12.5 Å². The molecule has 0 spiro atoms. The van der Waals surface area contributed by atoms with E-state index in [1.165, 1.54) is 33.5 Å². The third-order valence-corrected chi connectivity index (χ3v) is 7.21. The van der Waals surface area contributed by atoms with Crippen molar-refractivity contribution in [3.8, 4) is 40.6 Å². The average Bonchev–Trinajstić information content (AvgIpc) is 3.02. The van der Waals surface area contributed by atoms with Gasteiger partial charge in [0.1, 0.15) is 35.5 Å². The number of nitrogens with two attached hydrogens (primary N) is 1. The number of carbonyl (C=O) groups excluding carboxylic acids is 1. The van der Waals surface area contributed by atoms with E-state index in [0.717, 1.165) is 11.1 Å². The third-order valence-electron chi connectivity index (χ3n) is 6.85. The molecule has 9 nitrogen and oxygen atoms in total. The predicted octanol–water partition coefficient (Wildman–Crippen LogP) is 6.38. The fourth-order valence-corrected chi connectivity index (χ4v) is 4.96. The number of fused-ring (bicyclic) bond motifs is 1. The Balaban J connectivity index is 1.42. The Morgan fingerprint density at radius 2 is 1.67 bits per heavy atom. The third kappa shape index (κ3) is 6.01. The molecule has 5 rings (SSSR count). The molecule has 4 aromatic rings. The van der Waals surface area contributed by atoms with Gasteiger partial charge < -0.3 is 34.2 Å². The van der Waals surface area contributed by atoms with E-state index in [4.69, 9.17) is 45.8 Å². The van der Waals surface area contributed by atoms with Crippen LogP contribution in [0.4, 0.5) is 0 Å². The van der Waals surface area contributed by atoms with Gasteiger partial charge in [0.15, 0.2) is 11.5 Å². The summed E-state index contributed by atoms with van der Waals surface area (Å²) in [7, 11) is 4.39. The number of hydrogen-bond acceptors (Lipinski definition) is 9. The number of halogens is 1. The lowest BCUT2D eigenvalue weighted by Gasteiger charge is -2.27. The highest BCUT2D eigenvalue weighted by atomic mass is 35.5. The van der Waals surface area contributed by atoms with Crippen molar-refractivity contribution >= 4 is 17.6 Å². The van der Waals surface area contributed by atoms with Crippen LogP contribution >= 0.6 is 11.6 Å². The molecule has 1 aliphatic rings. The molecule has 43 heavy (non-hydrogen) atoms. The van der Waals surface area contributed by atoms with Crippen LogP contribution in [0.1, 0.15) is 33.0 Å². The first-order valence-corrected chi connectivity index (χ1v) is 13.4. The fourth-order valence-electron chi connectivity index (χ4n) is 4.77. The number of ether oxygens (including phenoxy) is 6. The Kier molecular flexibility index (Phi) is 8.60. The van der Waals surface area contributed by atoms with Crippen molar-refractivity contribution in [2.75, 3.05) is 21.3 Å². The van der Waals surface area contributed by atoms with Gasteiger partial charge in [-0.2, -0.15) is 5.26 Å². The number of esters is 1.